The molecular weight excluding hydrogens is 636 g/mol. The maximum atomic E-state index is 12.0. The zero-order chi connectivity index (χ0) is 31.0. The van der Waals surface area contributed by atoms with Gasteiger partial charge in [0.05, 0.1) is 45.6 Å². The number of hydrogen-bond acceptors (Lipinski definition) is 7. The summed E-state index contributed by atoms with van der Waals surface area (Å²) < 4.78 is 14.1. The summed E-state index contributed by atoms with van der Waals surface area (Å²) in [6.07, 6.45) is 8.96. The Morgan fingerprint density at radius 2 is 1.78 bits per heavy atom. The van der Waals surface area contributed by atoms with Crippen molar-refractivity contribution < 1.29 is 51.4 Å². The van der Waals surface area contributed by atoms with Crippen LogP contribution in [0.5, 0.6) is 5.75 Å². The van der Waals surface area contributed by atoms with Crippen molar-refractivity contribution in [3.05, 3.63) is 65.2 Å². The van der Waals surface area contributed by atoms with Gasteiger partial charge in [-0.3, -0.25) is 5.32 Å². The minimum absolute atomic E-state index is 0. The van der Waals surface area contributed by atoms with Gasteiger partial charge in [-0.1, -0.05) is 62.6 Å². The van der Waals surface area contributed by atoms with Gasteiger partial charge in [-0.05, 0) is 48.4 Å². The number of aromatic hydroxyl groups is 1. The van der Waals surface area contributed by atoms with E-state index in [1.54, 1.807) is 12.1 Å². The van der Waals surface area contributed by atoms with Gasteiger partial charge in [0, 0.05) is 37.3 Å². The minimum atomic E-state index is -0.916. The number of quaternary nitrogens is 1. The van der Waals surface area contributed by atoms with E-state index in [1.807, 2.05) is 18.2 Å². The zero-order valence-electron chi connectivity index (χ0n) is 27.0. The highest BCUT2D eigenvalue weighted by molar-refractivity contribution is 5.36. The molecule has 3 saturated heterocycles. The largest absolute Gasteiger partial charge is 1.00 e. The molecule has 0 radical (unpaired) electrons. The Labute approximate surface area is 280 Å². The fourth-order valence-electron chi connectivity index (χ4n) is 7.96. The number of benzene rings is 2. The molecule has 252 valence electrons. The quantitative estimate of drug-likeness (QED) is 0.0978. The number of ether oxygens (including phenoxy) is 2. The van der Waals surface area contributed by atoms with Crippen molar-refractivity contribution in [1.29, 1.82) is 0 Å². The van der Waals surface area contributed by atoms with Crippen molar-refractivity contribution in [2.75, 3.05) is 45.9 Å². The normalized spacial score (nSPS) is 25.9. The number of halogens is 1. The number of fused-ring (bicyclic) bond motifs is 3. The standard InChI is InChI=1S/C36H54N2O6.BrH/c1-2-9-35(37-23-33(41)28-14-15-32(40)29(22-28)25-39)43-21-8-18-38-19-16-27(17-20-38)34(24-38)44-26-36(42,31-12-6-7-13-31)30-10-4-3-5-11-30;/h3-5,10-11,14-15,22,27,31,33-35,37,39,41-42H,2,6-9,12-13,16-21,23-26H2,1H3;1H/t27?,33-,34-,35?,36+,38?;/m0./s1. The average Bonchev–Trinajstić information content (AvgIpc) is 3.61. The van der Waals surface area contributed by atoms with E-state index in [-0.39, 0.29) is 47.6 Å². The third-order valence-electron chi connectivity index (χ3n) is 10.7. The molecule has 1 saturated carbocycles. The predicted molar refractivity (Wildman–Crippen MR) is 171 cm³/mol. The third-order valence-corrected chi connectivity index (χ3v) is 10.7. The van der Waals surface area contributed by atoms with Crippen molar-refractivity contribution >= 4 is 0 Å². The molecule has 6 rings (SSSR count). The van der Waals surface area contributed by atoms with Crippen LogP contribution in [0.15, 0.2) is 48.5 Å². The van der Waals surface area contributed by atoms with Gasteiger partial charge in [-0.25, -0.2) is 0 Å². The first-order valence-electron chi connectivity index (χ1n) is 17.1. The minimum Gasteiger partial charge on any atom is -1.00 e. The summed E-state index contributed by atoms with van der Waals surface area (Å²) >= 11 is 0. The maximum Gasteiger partial charge on any atom is 0.121 e. The van der Waals surface area contributed by atoms with Gasteiger partial charge in [-0.2, -0.15) is 0 Å². The topological polar surface area (TPSA) is 111 Å². The van der Waals surface area contributed by atoms with Crippen LogP contribution in [-0.2, 0) is 21.7 Å². The molecule has 1 aliphatic carbocycles. The highest BCUT2D eigenvalue weighted by Gasteiger charge is 2.48. The summed E-state index contributed by atoms with van der Waals surface area (Å²) in [5, 5.41) is 45.3. The molecule has 4 atom stereocenters. The second-order valence-electron chi connectivity index (χ2n) is 13.6. The number of piperidine rings is 3. The smallest absolute Gasteiger partial charge is 0.121 e. The lowest BCUT2D eigenvalue weighted by atomic mass is 9.80. The van der Waals surface area contributed by atoms with E-state index in [4.69, 9.17) is 9.47 Å². The summed E-state index contributed by atoms with van der Waals surface area (Å²) in [5.41, 5.74) is 1.14. The number of aliphatic hydroxyl groups is 3. The van der Waals surface area contributed by atoms with Gasteiger partial charge in [0.15, 0.2) is 0 Å². The molecule has 5 N–H and O–H groups in total. The van der Waals surface area contributed by atoms with Gasteiger partial charge in [-0.15, -0.1) is 0 Å². The van der Waals surface area contributed by atoms with Gasteiger partial charge in [0.2, 0.25) is 0 Å². The van der Waals surface area contributed by atoms with Crippen LogP contribution in [0.25, 0.3) is 0 Å². The summed E-state index contributed by atoms with van der Waals surface area (Å²) in [5.74, 6) is 0.876. The van der Waals surface area contributed by atoms with Crippen molar-refractivity contribution in [1.82, 2.24) is 5.32 Å². The van der Waals surface area contributed by atoms with E-state index in [0.717, 1.165) is 55.2 Å². The number of rotatable bonds is 17. The molecule has 2 aromatic rings. The van der Waals surface area contributed by atoms with Crippen LogP contribution in [-0.4, -0.2) is 83.2 Å². The summed E-state index contributed by atoms with van der Waals surface area (Å²) in [6, 6.07) is 15.0. The van der Waals surface area contributed by atoms with Crippen molar-refractivity contribution in [3.63, 3.8) is 0 Å². The maximum absolute atomic E-state index is 12.0. The number of phenols is 1. The van der Waals surface area contributed by atoms with Crippen LogP contribution in [0, 0.1) is 11.8 Å². The van der Waals surface area contributed by atoms with Crippen molar-refractivity contribution in [2.45, 2.75) is 95.4 Å². The summed E-state index contributed by atoms with van der Waals surface area (Å²) in [4.78, 5) is 0. The van der Waals surface area contributed by atoms with Gasteiger partial charge in [0.1, 0.15) is 30.2 Å². The summed E-state index contributed by atoms with van der Waals surface area (Å²) in [7, 11) is 0. The molecule has 45 heavy (non-hydrogen) atoms. The molecular formula is C36H55BrN2O6. The molecule has 2 aromatic carbocycles. The Bertz CT molecular complexity index is 1160. The van der Waals surface area contributed by atoms with Gasteiger partial charge < -0.3 is 51.4 Å². The fourth-order valence-corrected chi connectivity index (χ4v) is 7.96. The first-order chi connectivity index (χ1) is 21.4. The molecule has 1 unspecified atom stereocenters. The lowest BCUT2D eigenvalue weighted by Crippen LogP contribution is -3.00. The molecule has 4 aliphatic rings. The molecule has 3 aliphatic heterocycles. The van der Waals surface area contributed by atoms with E-state index in [9.17, 15) is 20.4 Å². The predicted octanol–water partition coefficient (Wildman–Crippen LogP) is 1.75. The molecule has 3 heterocycles. The second-order valence-corrected chi connectivity index (χ2v) is 13.6. The SMILES string of the molecule is CCCC(NC[C@H](O)c1ccc(O)c(CO)c1)OCCC[N+]12CCC(CC1)[C@@H](OC[C@@](O)(c1ccccc1)C1CCCC1)C2.[Br-]. The third kappa shape index (κ3) is 9.08. The first-order valence-corrected chi connectivity index (χ1v) is 17.1. The van der Waals surface area contributed by atoms with Crippen molar-refractivity contribution in [2.24, 2.45) is 11.8 Å². The Morgan fingerprint density at radius 1 is 1.04 bits per heavy atom. The first kappa shape index (κ1) is 36.3. The number of hydrogen-bond donors (Lipinski definition) is 5. The number of nitrogens with zero attached hydrogens (tertiary/aromatic N) is 1. The van der Waals surface area contributed by atoms with Gasteiger partial charge in [0.25, 0.3) is 0 Å². The number of aliphatic hydroxyl groups excluding tert-OH is 2. The summed E-state index contributed by atoms with van der Waals surface area (Å²) in [6.45, 7) is 7.71. The van der Waals surface area contributed by atoms with Crippen LogP contribution >= 0.6 is 0 Å². The lowest BCUT2D eigenvalue weighted by molar-refractivity contribution is -0.946. The molecule has 2 bridgehead atoms. The van der Waals surface area contributed by atoms with Crippen LogP contribution in [0.3, 0.4) is 0 Å². The fraction of sp³-hybridized carbons (Fsp3) is 0.667. The van der Waals surface area contributed by atoms with E-state index >= 15 is 0 Å². The van der Waals surface area contributed by atoms with Crippen LogP contribution in [0.1, 0.15) is 87.5 Å². The van der Waals surface area contributed by atoms with Gasteiger partial charge >= 0.3 is 0 Å². The number of nitrogens with one attached hydrogen (secondary N) is 1. The Balaban J connectivity index is 0.00000461. The van der Waals surface area contributed by atoms with E-state index in [1.165, 1.54) is 44.8 Å². The van der Waals surface area contributed by atoms with E-state index < -0.39 is 11.7 Å². The molecule has 4 fully saturated rings. The Morgan fingerprint density at radius 3 is 2.47 bits per heavy atom. The van der Waals surface area contributed by atoms with Crippen LogP contribution < -0.4 is 22.3 Å². The van der Waals surface area contributed by atoms with E-state index in [2.05, 4.69) is 24.4 Å². The molecule has 9 heteroatoms. The monoisotopic (exact) mass is 690 g/mol. The Hall–Kier alpha value is -1.56. The van der Waals surface area contributed by atoms with Crippen LogP contribution in [0.2, 0.25) is 0 Å². The van der Waals surface area contributed by atoms with E-state index in [0.29, 0.717) is 36.8 Å². The molecule has 0 amide bonds. The highest BCUT2D eigenvalue weighted by atomic mass is 79.9. The zero-order valence-corrected chi connectivity index (χ0v) is 28.5. The second kappa shape index (κ2) is 17.0. The van der Waals surface area contributed by atoms with Crippen molar-refractivity contribution in [3.8, 4) is 5.75 Å². The average molecular weight is 692 g/mol. The highest BCUT2D eigenvalue weighted by Crippen LogP contribution is 2.42. The molecule has 8 nitrogen and oxygen atoms in total. The molecule has 0 spiro atoms. The lowest BCUT2D eigenvalue weighted by Gasteiger charge is -2.53. The van der Waals surface area contributed by atoms with Crippen LogP contribution in [0.4, 0.5) is 0 Å². The molecule has 0 aromatic heterocycles. The Kier molecular flexibility index (Phi) is 13.7.